The molecule has 0 aliphatic carbocycles. The minimum Gasteiger partial charge on any atom is -0.508 e. The number of aromatic hydroxyl groups is 1. The van der Waals surface area contributed by atoms with Gasteiger partial charge in [0.15, 0.2) is 0 Å². The molecule has 0 fully saturated rings. The lowest BCUT2D eigenvalue weighted by Gasteiger charge is -2.18. The molecule has 0 atom stereocenters. The maximum absolute atomic E-state index is 9.19. The van der Waals surface area contributed by atoms with Crippen LogP contribution >= 0.6 is 0 Å². The van der Waals surface area contributed by atoms with Gasteiger partial charge in [0.05, 0.1) is 6.61 Å². The highest BCUT2D eigenvalue weighted by Crippen LogP contribution is 2.21. The van der Waals surface area contributed by atoms with E-state index >= 15 is 0 Å². The highest BCUT2D eigenvalue weighted by molar-refractivity contribution is 5.31. The summed E-state index contributed by atoms with van der Waals surface area (Å²) in [6.07, 6.45) is 1.00. The lowest BCUT2D eigenvalue weighted by molar-refractivity contribution is 0.242. The van der Waals surface area contributed by atoms with Crippen molar-refractivity contribution >= 4 is 0 Å². The van der Waals surface area contributed by atoms with E-state index < -0.39 is 0 Å². The molecule has 0 heterocycles. The van der Waals surface area contributed by atoms with Crippen molar-refractivity contribution in [2.45, 2.75) is 27.2 Å². The first kappa shape index (κ1) is 10.9. The largest absolute Gasteiger partial charge is 0.508 e. The van der Waals surface area contributed by atoms with E-state index in [1.165, 1.54) is 0 Å². The van der Waals surface area contributed by atoms with E-state index in [0.717, 1.165) is 12.2 Å². The van der Waals surface area contributed by atoms with Crippen LogP contribution in [0.2, 0.25) is 0 Å². The molecule has 0 aromatic heterocycles. The van der Waals surface area contributed by atoms with Crippen LogP contribution in [0, 0.1) is 5.41 Å². The Hall–Kier alpha value is -1.18. The van der Waals surface area contributed by atoms with Crippen molar-refractivity contribution in [3.05, 3.63) is 24.3 Å². The quantitative estimate of drug-likeness (QED) is 0.800. The maximum Gasteiger partial charge on any atom is 0.122 e. The summed E-state index contributed by atoms with van der Waals surface area (Å²) in [5.41, 5.74) is 0.289. The van der Waals surface area contributed by atoms with E-state index in [4.69, 9.17) is 4.74 Å². The summed E-state index contributed by atoms with van der Waals surface area (Å²) < 4.78 is 5.50. The van der Waals surface area contributed by atoms with E-state index in [0.29, 0.717) is 6.61 Å². The first-order chi connectivity index (χ1) is 6.47. The van der Waals surface area contributed by atoms with Crippen LogP contribution < -0.4 is 4.74 Å². The number of benzene rings is 1. The normalized spacial score (nSPS) is 11.4. The molecule has 1 aromatic carbocycles. The van der Waals surface area contributed by atoms with Gasteiger partial charge in [-0.25, -0.2) is 0 Å². The Morgan fingerprint density at radius 3 is 2.57 bits per heavy atom. The number of phenols is 1. The molecule has 0 aliphatic rings. The van der Waals surface area contributed by atoms with Gasteiger partial charge in [0.1, 0.15) is 11.5 Å². The van der Waals surface area contributed by atoms with Crippen LogP contribution in [0.25, 0.3) is 0 Å². The van der Waals surface area contributed by atoms with Gasteiger partial charge in [-0.05, 0) is 24.0 Å². The molecule has 78 valence electrons. The van der Waals surface area contributed by atoms with Gasteiger partial charge in [0, 0.05) is 6.07 Å². The fourth-order valence-electron chi connectivity index (χ4n) is 1.05. The second kappa shape index (κ2) is 4.36. The van der Waals surface area contributed by atoms with Gasteiger partial charge in [-0.3, -0.25) is 0 Å². The SMILES string of the molecule is CC(C)(C)CCOc1cccc(O)c1. The van der Waals surface area contributed by atoms with Crippen LogP contribution in [0.15, 0.2) is 24.3 Å². The molecule has 0 saturated heterocycles. The van der Waals surface area contributed by atoms with Gasteiger partial charge in [-0.2, -0.15) is 0 Å². The molecule has 0 amide bonds. The summed E-state index contributed by atoms with van der Waals surface area (Å²) in [5, 5.41) is 9.19. The van der Waals surface area contributed by atoms with Crippen molar-refractivity contribution in [3.63, 3.8) is 0 Å². The van der Waals surface area contributed by atoms with E-state index in [1.807, 2.05) is 6.07 Å². The molecule has 1 aromatic rings. The fraction of sp³-hybridized carbons (Fsp3) is 0.500. The lowest BCUT2D eigenvalue weighted by atomic mass is 9.93. The predicted molar refractivity (Wildman–Crippen MR) is 57.7 cm³/mol. The lowest BCUT2D eigenvalue weighted by Crippen LogP contribution is -2.10. The highest BCUT2D eigenvalue weighted by Gasteiger charge is 2.09. The first-order valence-electron chi connectivity index (χ1n) is 4.89. The molecule has 0 radical (unpaired) electrons. The van der Waals surface area contributed by atoms with Crippen molar-refractivity contribution in [2.75, 3.05) is 6.61 Å². The Labute approximate surface area is 85.5 Å². The smallest absolute Gasteiger partial charge is 0.122 e. The van der Waals surface area contributed by atoms with Crippen molar-refractivity contribution in [3.8, 4) is 11.5 Å². The third-order valence-electron chi connectivity index (χ3n) is 1.94. The van der Waals surface area contributed by atoms with Crippen LogP contribution in [0.5, 0.6) is 11.5 Å². The molecule has 0 spiro atoms. The molecule has 2 heteroatoms. The summed E-state index contributed by atoms with van der Waals surface area (Å²) >= 11 is 0. The zero-order valence-electron chi connectivity index (χ0n) is 9.08. The summed E-state index contributed by atoms with van der Waals surface area (Å²) in [4.78, 5) is 0. The van der Waals surface area contributed by atoms with E-state index in [1.54, 1.807) is 18.2 Å². The van der Waals surface area contributed by atoms with Gasteiger partial charge >= 0.3 is 0 Å². The molecule has 0 aliphatic heterocycles. The van der Waals surface area contributed by atoms with Crippen LogP contribution in [-0.2, 0) is 0 Å². The van der Waals surface area contributed by atoms with Gasteiger partial charge in [-0.1, -0.05) is 26.8 Å². The number of rotatable bonds is 3. The average molecular weight is 194 g/mol. The molecule has 0 bridgehead atoms. The second-order valence-electron chi connectivity index (χ2n) is 4.66. The number of hydrogen-bond donors (Lipinski definition) is 1. The van der Waals surface area contributed by atoms with E-state index in [2.05, 4.69) is 20.8 Å². The van der Waals surface area contributed by atoms with Crippen LogP contribution in [0.4, 0.5) is 0 Å². The Morgan fingerprint density at radius 1 is 1.29 bits per heavy atom. The zero-order valence-corrected chi connectivity index (χ0v) is 9.08. The van der Waals surface area contributed by atoms with Gasteiger partial charge in [-0.15, -0.1) is 0 Å². The molecule has 0 unspecified atom stereocenters. The summed E-state index contributed by atoms with van der Waals surface area (Å²) in [5.74, 6) is 0.979. The molecule has 1 N–H and O–H groups in total. The Bertz CT molecular complexity index is 287. The first-order valence-corrected chi connectivity index (χ1v) is 4.89. The minimum absolute atomic E-state index is 0.248. The third-order valence-corrected chi connectivity index (χ3v) is 1.94. The molecule has 1 rings (SSSR count). The molecule has 0 saturated carbocycles. The van der Waals surface area contributed by atoms with Crippen LogP contribution in [0.3, 0.4) is 0 Å². The standard InChI is InChI=1S/C12H18O2/c1-12(2,3)7-8-14-11-6-4-5-10(13)9-11/h4-6,9,13H,7-8H2,1-3H3. The summed E-state index contributed by atoms with van der Waals surface area (Å²) in [6, 6.07) is 6.89. The van der Waals surface area contributed by atoms with Gasteiger partial charge in [0.2, 0.25) is 0 Å². The van der Waals surface area contributed by atoms with E-state index in [-0.39, 0.29) is 11.2 Å². The molecular formula is C12H18O2. The minimum atomic E-state index is 0.248. The highest BCUT2D eigenvalue weighted by atomic mass is 16.5. The van der Waals surface area contributed by atoms with Crippen LogP contribution in [0.1, 0.15) is 27.2 Å². The predicted octanol–water partition coefficient (Wildman–Crippen LogP) is 3.21. The zero-order chi connectivity index (χ0) is 10.6. The molecule has 2 nitrogen and oxygen atoms in total. The van der Waals surface area contributed by atoms with Crippen molar-refractivity contribution in [2.24, 2.45) is 5.41 Å². The average Bonchev–Trinajstić information content (AvgIpc) is 2.01. The van der Waals surface area contributed by atoms with Crippen molar-refractivity contribution in [1.82, 2.24) is 0 Å². The summed E-state index contributed by atoms with van der Waals surface area (Å²) in [7, 11) is 0. The van der Waals surface area contributed by atoms with Crippen molar-refractivity contribution in [1.29, 1.82) is 0 Å². The van der Waals surface area contributed by atoms with Crippen molar-refractivity contribution < 1.29 is 9.84 Å². The third kappa shape index (κ3) is 4.17. The Kier molecular flexibility index (Phi) is 3.39. The van der Waals surface area contributed by atoms with E-state index in [9.17, 15) is 5.11 Å². The second-order valence-corrected chi connectivity index (χ2v) is 4.66. The molecular weight excluding hydrogens is 176 g/mol. The van der Waals surface area contributed by atoms with Gasteiger partial charge in [0.25, 0.3) is 0 Å². The fourth-order valence-corrected chi connectivity index (χ4v) is 1.05. The molecule has 14 heavy (non-hydrogen) atoms. The maximum atomic E-state index is 9.19. The Morgan fingerprint density at radius 2 is 2.00 bits per heavy atom. The topological polar surface area (TPSA) is 29.5 Å². The summed E-state index contributed by atoms with van der Waals surface area (Å²) in [6.45, 7) is 7.23. The number of hydrogen-bond acceptors (Lipinski definition) is 2. The monoisotopic (exact) mass is 194 g/mol. The number of phenolic OH excluding ortho intramolecular Hbond substituents is 1. The van der Waals surface area contributed by atoms with Gasteiger partial charge < -0.3 is 9.84 Å². The van der Waals surface area contributed by atoms with Crippen LogP contribution in [-0.4, -0.2) is 11.7 Å². The number of ether oxygens (including phenoxy) is 1. The Balaban J connectivity index is 2.39.